The predicted octanol–water partition coefficient (Wildman–Crippen LogP) is 5.66. The van der Waals surface area contributed by atoms with E-state index in [1.165, 1.54) is 5.56 Å². The SMILES string of the molecule is C=CCN1CCC2(c3cccc(OC)c3)C[C@@H](NC(=O)Cc3ccc(Cl)c(Cl)c3)CCC2C1. The number of carbonyl (C=O) groups is 1. The molecule has 0 bridgehead atoms. The van der Waals surface area contributed by atoms with Crippen molar-refractivity contribution in [2.75, 3.05) is 26.7 Å². The number of rotatable bonds is 7. The molecule has 2 aromatic carbocycles. The van der Waals surface area contributed by atoms with Crippen LogP contribution in [0.5, 0.6) is 5.75 Å². The molecule has 1 heterocycles. The first kappa shape index (κ1) is 24.1. The molecule has 2 aliphatic rings. The maximum Gasteiger partial charge on any atom is 0.224 e. The molecule has 0 radical (unpaired) electrons. The van der Waals surface area contributed by atoms with Gasteiger partial charge in [0.15, 0.2) is 0 Å². The largest absolute Gasteiger partial charge is 0.497 e. The minimum atomic E-state index is 0.0294. The van der Waals surface area contributed by atoms with Gasteiger partial charge >= 0.3 is 0 Å². The van der Waals surface area contributed by atoms with E-state index < -0.39 is 0 Å². The van der Waals surface area contributed by atoms with Gasteiger partial charge in [-0.3, -0.25) is 9.69 Å². The molecule has 0 spiro atoms. The van der Waals surface area contributed by atoms with Gasteiger partial charge in [0.1, 0.15) is 5.75 Å². The Labute approximate surface area is 206 Å². The Morgan fingerprint density at radius 1 is 1.24 bits per heavy atom. The van der Waals surface area contributed by atoms with E-state index in [0.717, 1.165) is 56.6 Å². The summed E-state index contributed by atoms with van der Waals surface area (Å²) < 4.78 is 5.54. The zero-order valence-corrected chi connectivity index (χ0v) is 20.7. The Bertz CT molecular complexity index is 1010. The van der Waals surface area contributed by atoms with Crippen LogP contribution in [0.3, 0.4) is 0 Å². The number of halogens is 2. The molecule has 4 nitrogen and oxygen atoms in total. The first-order valence-corrected chi connectivity index (χ1v) is 12.4. The van der Waals surface area contributed by atoms with Crippen molar-refractivity contribution in [3.63, 3.8) is 0 Å². The zero-order valence-electron chi connectivity index (χ0n) is 19.2. The van der Waals surface area contributed by atoms with Crippen LogP contribution in [0, 0.1) is 5.92 Å². The highest BCUT2D eigenvalue weighted by Gasteiger charge is 2.48. The molecule has 0 aromatic heterocycles. The lowest BCUT2D eigenvalue weighted by molar-refractivity contribution is -0.121. The topological polar surface area (TPSA) is 41.6 Å². The van der Waals surface area contributed by atoms with E-state index in [1.807, 2.05) is 18.2 Å². The van der Waals surface area contributed by atoms with E-state index in [9.17, 15) is 4.79 Å². The van der Waals surface area contributed by atoms with Gasteiger partial charge in [-0.2, -0.15) is 0 Å². The van der Waals surface area contributed by atoms with Crippen molar-refractivity contribution in [1.29, 1.82) is 0 Å². The molecule has 1 saturated carbocycles. The number of amides is 1. The molecule has 1 aliphatic carbocycles. The van der Waals surface area contributed by atoms with E-state index in [0.29, 0.717) is 22.4 Å². The van der Waals surface area contributed by atoms with Crippen LogP contribution in [-0.2, 0) is 16.6 Å². The summed E-state index contributed by atoms with van der Waals surface area (Å²) in [7, 11) is 1.72. The molecule has 33 heavy (non-hydrogen) atoms. The van der Waals surface area contributed by atoms with Crippen LogP contribution in [0.4, 0.5) is 0 Å². The van der Waals surface area contributed by atoms with Gasteiger partial charge < -0.3 is 10.1 Å². The molecule has 3 atom stereocenters. The number of fused-ring (bicyclic) bond motifs is 1. The van der Waals surface area contributed by atoms with Crippen molar-refractivity contribution in [3.8, 4) is 5.75 Å². The van der Waals surface area contributed by atoms with Gasteiger partial charge in [0, 0.05) is 24.5 Å². The molecule has 2 aromatic rings. The third kappa shape index (κ3) is 5.40. The highest BCUT2D eigenvalue weighted by molar-refractivity contribution is 6.42. The number of methoxy groups -OCH3 is 1. The Morgan fingerprint density at radius 2 is 2.09 bits per heavy atom. The number of benzene rings is 2. The minimum Gasteiger partial charge on any atom is -0.497 e. The molecular formula is C27H32Cl2N2O2. The lowest BCUT2D eigenvalue weighted by Gasteiger charge is -2.53. The van der Waals surface area contributed by atoms with Gasteiger partial charge in [-0.15, -0.1) is 6.58 Å². The Balaban J connectivity index is 1.52. The highest BCUT2D eigenvalue weighted by atomic mass is 35.5. The molecular weight excluding hydrogens is 455 g/mol. The van der Waals surface area contributed by atoms with Crippen LogP contribution >= 0.6 is 23.2 Å². The van der Waals surface area contributed by atoms with Crippen LogP contribution in [0.25, 0.3) is 0 Å². The van der Waals surface area contributed by atoms with Gasteiger partial charge in [-0.05, 0) is 73.5 Å². The quantitative estimate of drug-likeness (QED) is 0.513. The van der Waals surface area contributed by atoms with Crippen molar-refractivity contribution in [1.82, 2.24) is 10.2 Å². The molecule has 2 unspecified atom stereocenters. The standard InChI is InChI=1S/C27H32Cl2N2O2/c1-3-12-31-13-11-27(20-5-4-6-23(16-20)33-2)17-22(9-8-21(27)18-31)30-26(32)15-19-7-10-24(28)25(29)14-19/h3-7,10,14,16,21-22H,1,8-9,11-13,15,17-18H2,2H3,(H,30,32)/t21?,22-,27?/m0/s1. The van der Waals surface area contributed by atoms with Crippen LogP contribution < -0.4 is 10.1 Å². The van der Waals surface area contributed by atoms with Gasteiger partial charge in [0.2, 0.25) is 5.91 Å². The van der Waals surface area contributed by atoms with E-state index in [1.54, 1.807) is 19.2 Å². The van der Waals surface area contributed by atoms with E-state index >= 15 is 0 Å². The first-order valence-electron chi connectivity index (χ1n) is 11.6. The number of ether oxygens (including phenoxy) is 1. The molecule has 4 rings (SSSR count). The number of nitrogens with one attached hydrogen (secondary N) is 1. The molecule has 1 aliphatic heterocycles. The number of hydrogen-bond donors (Lipinski definition) is 1. The van der Waals surface area contributed by atoms with Gasteiger partial charge in [-0.1, -0.05) is 47.5 Å². The van der Waals surface area contributed by atoms with Crippen molar-refractivity contribution in [3.05, 3.63) is 76.3 Å². The summed E-state index contributed by atoms with van der Waals surface area (Å²) >= 11 is 12.1. The second-order valence-electron chi connectivity index (χ2n) is 9.35. The highest BCUT2D eigenvalue weighted by Crippen LogP contribution is 2.49. The first-order chi connectivity index (χ1) is 15.9. The van der Waals surface area contributed by atoms with E-state index in [-0.39, 0.29) is 17.4 Å². The van der Waals surface area contributed by atoms with Crippen molar-refractivity contribution >= 4 is 29.1 Å². The van der Waals surface area contributed by atoms with Crippen molar-refractivity contribution in [2.45, 2.75) is 43.6 Å². The third-order valence-electron chi connectivity index (χ3n) is 7.35. The summed E-state index contributed by atoms with van der Waals surface area (Å²) in [6.45, 7) is 6.94. The van der Waals surface area contributed by atoms with E-state index in [4.69, 9.17) is 27.9 Å². The molecule has 176 valence electrons. The van der Waals surface area contributed by atoms with Crippen molar-refractivity contribution in [2.24, 2.45) is 5.92 Å². The lowest BCUT2D eigenvalue weighted by atomic mass is 9.58. The monoisotopic (exact) mass is 486 g/mol. The third-order valence-corrected chi connectivity index (χ3v) is 8.09. The van der Waals surface area contributed by atoms with Crippen molar-refractivity contribution < 1.29 is 9.53 Å². The predicted molar refractivity (Wildman–Crippen MR) is 135 cm³/mol. The number of likely N-dealkylation sites (tertiary alicyclic amines) is 1. The number of piperidine rings is 1. The number of carbonyl (C=O) groups excluding carboxylic acids is 1. The van der Waals surface area contributed by atoms with Crippen LogP contribution in [0.2, 0.25) is 10.0 Å². The summed E-state index contributed by atoms with van der Waals surface area (Å²) in [6.07, 6.45) is 6.38. The zero-order chi connectivity index (χ0) is 23.4. The maximum atomic E-state index is 12.9. The summed E-state index contributed by atoms with van der Waals surface area (Å²) in [6, 6.07) is 14.0. The lowest BCUT2D eigenvalue weighted by Crippen LogP contribution is -2.56. The van der Waals surface area contributed by atoms with Crippen LogP contribution in [0.15, 0.2) is 55.1 Å². The summed E-state index contributed by atoms with van der Waals surface area (Å²) in [4.78, 5) is 15.4. The number of hydrogen-bond acceptors (Lipinski definition) is 3. The minimum absolute atomic E-state index is 0.0294. The van der Waals surface area contributed by atoms with Gasteiger partial charge in [0.25, 0.3) is 0 Å². The second-order valence-corrected chi connectivity index (χ2v) is 10.2. The normalized spacial score (nSPS) is 25.2. The molecule has 6 heteroatoms. The fourth-order valence-corrected chi connectivity index (χ4v) is 6.06. The Kier molecular flexibility index (Phi) is 7.68. The summed E-state index contributed by atoms with van der Waals surface area (Å²) in [5.74, 6) is 1.46. The van der Waals surface area contributed by atoms with Gasteiger partial charge in [0.05, 0.1) is 23.6 Å². The van der Waals surface area contributed by atoms with Crippen LogP contribution in [-0.4, -0.2) is 43.6 Å². The number of nitrogens with zero attached hydrogens (tertiary/aromatic N) is 1. The van der Waals surface area contributed by atoms with Crippen LogP contribution in [0.1, 0.15) is 36.8 Å². The average Bonchev–Trinajstić information content (AvgIpc) is 2.81. The maximum absolute atomic E-state index is 12.9. The fraction of sp³-hybridized carbons (Fsp3) is 0.444. The second kappa shape index (κ2) is 10.5. The Hall–Kier alpha value is -2.01. The van der Waals surface area contributed by atoms with E-state index in [2.05, 4.69) is 35.0 Å². The average molecular weight is 487 g/mol. The molecule has 1 saturated heterocycles. The fourth-order valence-electron chi connectivity index (χ4n) is 5.74. The molecule has 2 fully saturated rings. The Morgan fingerprint density at radius 3 is 2.85 bits per heavy atom. The molecule has 1 N–H and O–H groups in total. The smallest absolute Gasteiger partial charge is 0.224 e. The molecule has 1 amide bonds. The summed E-state index contributed by atoms with van der Waals surface area (Å²) in [5.41, 5.74) is 2.23. The summed E-state index contributed by atoms with van der Waals surface area (Å²) in [5, 5.41) is 4.30. The van der Waals surface area contributed by atoms with Gasteiger partial charge in [-0.25, -0.2) is 0 Å².